The molecule has 0 fully saturated rings. The molecule has 23 heavy (non-hydrogen) atoms. The van der Waals surface area contributed by atoms with Crippen molar-refractivity contribution in [2.24, 2.45) is 0 Å². The number of aryl methyl sites for hydroxylation is 2. The number of hydrogen-bond acceptors (Lipinski definition) is 5. The second-order valence-electron chi connectivity index (χ2n) is 5.40. The van der Waals surface area contributed by atoms with E-state index in [0.717, 1.165) is 24.0 Å². The van der Waals surface area contributed by atoms with Gasteiger partial charge in [0.05, 0.1) is 11.1 Å². The van der Waals surface area contributed by atoms with E-state index in [1.54, 1.807) is 36.7 Å². The highest BCUT2D eigenvalue weighted by Crippen LogP contribution is 2.11. The summed E-state index contributed by atoms with van der Waals surface area (Å²) in [5, 5.41) is 6.49. The summed E-state index contributed by atoms with van der Waals surface area (Å²) in [7, 11) is -3.17. The average molecular weight is 336 g/mol. The summed E-state index contributed by atoms with van der Waals surface area (Å²) < 4.78 is 27.5. The topological polar surface area (TPSA) is 89.3 Å². The minimum absolute atomic E-state index is 0.0116. The summed E-state index contributed by atoms with van der Waals surface area (Å²) in [6.07, 6.45) is 7.05. The minimum atomic E-state index is -3.17. The lowest BCUT2D eigenvalue weighted by molar-refractivity contribution is -0.121. The number of amides is 1. The number of nitrogens with one attached hydrogen (secondary N) is 1. The van der Waals surface area contributed by atoms with E-state index in [0.29, 0.717) is 24.3 Å². The van der Waals surface area contributed by atoms with Crippen LogP contribution in [0.5, 0.6) is 0 Å². The van der Waals surface area contributed by atoms with Crippen molar-refractivity contribution < 1.29 is 17.7 Å². The van der Waals surface area contributed by atoms with Crippen LogP contribution in [0.15, 0.2) is 46.1 Å². The standard InChI is InChI=1S/C16H20N2O4S/c1-23(20,21)15-7-4-13(5-8-15)6-9-16(19)17-10-2-3-14-11-18-22-12-14/h4-5,7-8,11-12H,2-3,6,9-10H2,1H3,(H,17,19). The zero-order valence-corrected chi connectivity index (χ0v) is 13.8. The molecule has 0 saturated heterocycles. The van der Waals surface area contributed by atoms with Gasteiger partial charge in [0.1, 0.15) is 6.26 Å². The normalized spacial score (nSPS) is 11.3. The van der Waals surface area contributed by atoms with Crippen molar-refractivity contribution in [1.29, 1.82) is 0 Å². The van der Waals surface area contributed by atoms with Crippen LogP contribution in [0.4, 0.5) is 0 Å². The van der Waals surface area contributed by atoms with Gasteiger partial charge in [-0.2, -0.15) is 0 Å². The molecule has 1 heterocycles. The number of sulfone groups is 1. The fourth-order valence-electron chi connectivity index (χ4n) is 2.12. The zero-order valence-electron chi connectivity index (χ0n) is 13.0. The first-order valence-corrected chi connectivity index (χ1v) is 9.28. The number of nitrogens with zero attached hydrogens (tertiary/aromatic N) is 1. The van der Waals surface area contributed by atoms with Crippen LogP contribution < -0.4 is 5.32 Å². The smallest absolute Gasteiger partial charge is 0.220 e. The summed E-state index contributed by atoms with van der Waals surface area (Å²) in [5.41, 5.74) is 1.96. The lowest BCUT2D eigenvalue weighted by Crippen LogP contribution is -2.24. The van der Waals surface area contributed by atoms with E-state index in [1.807, 2.05) is 0 Å². The fraction of sp³-hybridized carbons (Fsp3) is 0.375. The lowest BCUT2D eigenvalue weighted by Gasteiger charge is -2.05. The second kappa shape index (κ2) is 7.92. The molecular formula is C16H20N2O4S. The molecular weight excluding hydrogens is 316 g/mol. The highest BCUT2D eigenvalue weighted by atomic mass is 32.2. The van der Waals surface area contributed by atoms with Crippen LogP contribution in [0.1, 0.15) is 24.0 Å². The summed E-state index contributed by atoms with van der Waals surface area (Å²) in [5.74, 6) is -0.0116. The predicted molar refractivity (Wildman–Crippen MR) is 85.7 cm³/mol. The van der Waals surface area contributed by atoms with E-state index in [-0.39, 0.29) is 5.91 Å². The molecule has 124 valence electrons. The Hall–Kier alpha value is -2.15. The maximum absolute atomic E-state index is 11.8. The molecule has 1 aromatic heterocycles. The Morgan fingerprint density at radius 1 is 1.17 bits per heavy atom. The van der Waals surface area contributed by atoms with E-state index in [9.17, 15) is 13.2 Å². The van der Waals surface area contributed by atoms with Gasteiger partial charge in [0.2, 0.25) is 5.91 Å². The van der Waals surface area contributed by atoms with Crippen molar-refractivity contribution in [3.05, 3.63) is 47.9 Å². The average Bonchev–Trinajstić information content (AvgIpc) is 3.02. The summed E-state index contributed by atoms with van der Waals surface area (Å²) in [4.78, 5) is 12.1. The number of carbonyl (C=O) groups excluding carboxylic acids is 1. The number of aromatic nitrogens is 1. The zero-order chi connectivity index (χ0) is 16.7. The third-order valence-electron chi connectivity index (χ3n) is 3.44. The van der Waals surface area contributed by atoms with Crippen LogP contribution in [-0.2, 0) is 27.5 Å². The van der Waals surface area contributed by atoms with Crippen molar-refractivity contribution >= 4 is 15.7 Å². The van der Waals surface area contributed by atoms with E-state index in [1.165, 1.54) is 6.26 Å². The first-order chi connectivity index (χ1) is 10.9. The molecule has 0 spiro atoms. The predicted octanol–water partition coefficient (Wildman–Crippen LogP) is 1.76. The molecule has 0 aliphatic rings. The Morgan fingerprint density at radius 3 is 2.52 bits per heavy atom. The SMILES string of the molecule is CS(=O)(=O)c1ccc(CCC(=O)NCCCc2cnoc2)cc1. The van der Waals surface area contributed by atoms with Gasteiger partial charge in [-0.1, -0.05) is 17.3 Å². The molecule has 0 aliphatic heterocycles. The molecule has 0 aliphatic carbocycles. The van der Waals surface area contributed by atoms with Crippen molar-refractivity contribution in [2.45, 2.75) is 30.6 Å². The Bertz CT molecular complexity index is 722. The van der Waals surface area contributed by atoms with Crippen LogP contribution >= 0.6 is 0 Å². The van der Waals surface area contributed by atoms with Crippen molar-refractivity contribution in [2.75, 3.05) is 12.8 Å². The summed E-state index contributed by atoms with van der Waals surface area (Å²) in [6, 6.07) is 6.63. The molecule has 0 bridgehead atoms. The van der Waals surface area contributed by atoms with Gasteiger partial charge in [0, 0.05) is 24.8 Å². The Kier molecular flexibility index (Phi) is 5.92. The number of hydrogen-bond donors (Lipinski definition) is 1. The lowest BCUT2D eigenvalue weighted by atomic mass is 10.1. The van der Waals surface area contributed by atoms with Crippen molar-refractivity contribution in [3.8, 4) is 0 Å². The van der Waals surface area contributed by atoms with Gasteiger partial charge in [-0.15, -0.1) is 0 Å². The highest BCUT2D eigenvalue weighted by Gasteiger charge is 2.07. The first kappa shape index (κ1) is 17.2. The van der Waals surface area contributed by atoms with Gasteiger partial charge < -0.3 is 9.84 Å². The largest absolute Gasteiger partial charge is 0.364 e. The molecule has 1 aromatic carbocycles. The van der Waals surface area contributed by atoms with Gasteiger partial charge in [0.25, 0.3) is 0 Å². The molecule has 7 heteroatoms. The van der Waals surface area contributed by atoms with E-state index in [4.69, 9.17) is 4.52 Å². The number of benzene rings is 1. The van der Waals surface area contributed by atoms with E-state index < -0.39 is 9.84 Å². The van der Waals surface area contributed by atoms with E-state index >= 15 is 0 Å². The third kappa shape index (κ3) is 5.86. The monoisotopic (exact) mass is 336 g/mol. The summed E-state index contributed by atoms with van der Waals surface area (Å²) in [6.45, 7) is 0.608. The van der Waals surface area contributed by atoms with Crippen LogP contribution in [0.3, 0.4) is 0 Å². The molecule has 1 N–H and O–H groups in total. The van der Waals surface area contributed by atoms with Crippen LogP contribution in [0.2, 0.25) is 0 Å². The number of rotatable bonds is 8. The number of carbonyl (C=O) groups is 1. The maximum atomic E-state index is 11.8. The third-order valence-corrected chi connectivity index (χ3v) is 4.57. The molecule has 0 radical (unpaired) electrons. The molecule has 0 unspecified atom stereocenters. The molecule has 2 rings (SSSR count). The molecule has 1 amide bonds. The van der Waals surface area contributed by atoms with Gasteiger partial charge in [0.15, 0.2) is 9.84 Å². The Labute approximate surface area is 135 Å². The van der Waals surface area contributed by atoms with Crippen LogP contribution in [-0.4, -0.2) is 32.3 Å². The van der Waals surface area contributed by atoms with Crippen LogP contribution in [0, 0.1) is 0 Å². The molecule has 0 atom stereocenters. The van der Waals surface area contributed by atoms with Crippen LogP contribution in [0.25, 0.3) is 0 Å². The Morgan fingerprint density at radius 2 is 1.91 bits per heavy atom. The fourth-order valence-corrected chi connectivity index (χ4v) is 2.75. The molecule has 6 nitrogen and oxygen atoms in total. The van der Waals surface area contributed by atoms with Gasteiger partial charge in [-0.3, -0.25) is 4.79 Å². The Balaban J connectivity index is 1.67. The first-order valence-electron chi connectivity index (χ1n) is 7.39. The molecule has 0 saturated carbocycles. The minimum Gasteiger partial charge on any atom is -0.364 e. The van der Waals surface area contributed by atoms with Crippen molar-refractivity contribution in [1.82, 2.24) is 10.5 Å². The summed E-state index contributed by atoms with van der Waals surface area (Å²) >= 11 is 0. The second-order valence-corrected chi connectivity index (χ2v) is 7.42. The molecule has 2 aromatic rings. The highest BCUT2D eigenvalue weighted by molar-refractivity contribution is 7.90. The van der Waals surface area contributed by atoms with E-state index in [2.05, 4.69) is 10.5 Å². The van der Waals surface area contributed by atoms with Gasteiger partial charge in [-0.05, 0) is 37.0 Å². The van der Waals surface area contributed by atoms with Gasteiger partial charge in [-0.25, -0.2) is 8.42 Å². The van der Waals surface area contributed by atoms with Gasteiger partial charge >= 0.3 is 0 Å². The quantitative estimate of drug-likeness (QED) is 0.742. The van der Waals surface area contributed by atoms with Crippen molar-refractivity contribution in [3.63, 3.8) is 0 Å². The maximum Gasteiger partial charge on any atom is 0.220 e.